The van der Waals surface area contributed by atoms with Gasteiger partial charge in [-0.3, -0.25) is 9.48 Å². The number of hydrogen-bond donors (Lipinski definition) is 1. The van der Waals surface area contributed by atoms with Crippen LogP contribution in [-0.2, 0) is 11.8 Å². The molecule has 0 aromatic carbocycles. The molecule has 0 radical (unpaired) electrons. The monoisotopic (exact) mass is 291 g/mol. The molecule has 0 aliphatic carbocycles. The molecule has 0 spiro atoms. The highest BCUT2D eigenvalue weighted by molar-refractivity contribution is 5.80. The smallest absolute Gasteiger partial charge is 0.224 e. The summed E-state index contributed by atoms with van der Waals surface area (Å²) in [6.07, 6.45) is 4.21. The highest BCUT2D eigenvalue weighted by Crippen LogP contribution is 2.31. The van der Waals surface area contributed by atoms with Gasteiger partial charge in [0, 0.05) is 52.4 Å². The maximum Gasteiger partial charge on any atom is 0.224 e. The molecule has 0 saturated carbocycles. The number of aryl methyl sites for hydroxylation is 1. The van der Waals surface area contributed by atoms with E-state index in [-0.39, 0.29) is 18.0 Å². The first-order valence-corrected chi connectivity index (χ1v) is 7.31. The molecule has 6 nitrogen and oxygen atoms in total. The van der Waals surface area contributed by atoms with Crippen molar-refractivity contribution in [2.75, 3.05) is 33.7 Å². The molecular weight excluding hydrogens is 266 g/mol. The van der Waals surface area contributed by atoms with Crippen LogP contribution in [0.3, 0.4) is 0 Å². The zero-order valence-corrected chi connectivity index (χ0v) is 13.1. The maximum atomic E-state index is 12.0. The van der Waals surface area contributed by atoms with Crippen LogP contribution in [0.1, 0.15) is 18.2 Å². The van der Waals surface area contributed by atoms with E-state index in [0.717, 1.165) is 25.3 Å². The first-order chi connectivity index (χ1) is 10.0. The molecule has 2 atom stereocenters. The molecule has 1 N–H and O–H groups in total. The molecule has 1 saturated heterocycles. The standard InChI is InChI=1S/C15H25N5O/c1-5-9-18(2)10-8-16-12-11-14(21)19(3)15(12)13-6-7-17-20(13)4/h5-7,12,15-16H,1,8-11H2,2-4H3/t12-,15-/m1/s1. The van der Waals surface area contributed by atoms with Gasteiger partial charge in [0.1, 0.15) is 0 Å². The number of nitrogens with one attached hydrogen (secondary N) is 1. The van der Waals surface area contributed by atoms with Crippen LogP contribution in [0.2, 0.25) is 0 Å². The van der Waals surface area contributed by atoms with Gasteiger partial charge in [0.15, 0.2) is 0 Å². The maximum absolute atomic E-state index is 12.0. The quantitative estimate of drug-likeness (QED) is 0.739. The summed E-state index contributed by atoms with van der Waals surface area (Å²) in [4.78, 5) is 16.0. The Balaban J connectivity index is 1.99. The van der Waals surface area contributed by atoms with E-state index >= 15 is 0 Å². The Morgan fingerprint density at radius 1 is 1.57 bits per heavy atom. The highest BCUT2D eigenvalue weighted by Gasteiger charge is 2.39. The summed E-state index contributed by atoms with van der Waals surface area (Å²) in [5, 5.41) is 7.74. The van der Waals surface area contributed by atoms with E-state index < -0.39 is 0 Å². The number of aromatic nitrogens is 2. The molecule has 6 heteroatoms. The lowest BCUT2D eigenvalue weighted by Gasteiger charge is -2.26. The fourth-order valence-corrected chi connectivity index (χ4v) is 2.88. The summed E-state index contributed by atoms with van der Waals surface area (Å²) < 4.78 is 1.85. The van der Waals surface area contributed by atoms with Gasteiger partial charge in [-0.15, -0.1) is 6.58 Å². The van der Waals surface area contributed by atoms with Crippen LogP contribution in [0.5, 0.6) is 0 Å². The predicted molar refractivity (Wildman–Crippen MR) is 82.8 cm³/mol. The van der Waals surface area contributed by atoms with Gasteiger partial charge in [-0.1, -0.05) is 6.08 Å². The zero-order valence-electron chi connectivity index (χ0n) is 13.1. The minimum Gasteiger partial charge on any atom is -0.336 e. The van der Waals surface area contributed by atoms with E-state index in [9.17, 15) is 4.79 Å². The zero-order chi connectivity index (χ0) is 15.4. The van der Waals surface area contributed by atoms with E-state index in [0.29, 0.717) is 6.42 Å². The average Bonchev–Trinajstić information content (AvgIpc) is 2.95. The van der Waals surface area contributed by atoms with E-state index in [1.807, 2.05) is 35.8 Å². The Morgan fingerprint density at radius 2 is 2.33 bits per heavy atom. The lowest BCUT2D eigenvalue weighted by Crippen LogP contribution is -2.39. The van der Waals surface area contributed by atoms with Gasteiger partial charge < -0.3 is 15.1 Å². The van der Waals surface area contributed by atoms with Crippen molar-refractivity contribution >= 4 is 5.91 Å². The van der Waals surface area contributed by atoms with Crippen molar-refractivity contribution in [1.29, 1.82) is 0 Å². The largest absolute Gasteiger partial charge is 0.336 e. The molecule has 1 amide bonds. The van der Waals surface area contributed by atoms with Crippen molar-refractivity contribution in [3.05, 3.63) is 30.6 Å². The van der Waals surface area contributed by atoms with Crippen molar-refractivity contribution in [1.82, 2.24) is 24.9 Å². The third kappa shape index (κ3) is 3.51. The summed E-state index contributed by atoms with van der Waals surface area (Å²) in [7, 11) is 5.85. The highest BCUT2D eigenvalue weighted by atomic mass is 16.2. The van der Waals surface area contributed by atoms with Crippen LogP contribution >= 0.6 is 0 Å². The SMILES string of the molecule is C=CCN(C)CCN[C@@H]1CC(=O)N(C)[C@H]1c1ccnn1C. The lowest BCUT2D eigenvalue weighted by molar-refractivity contribution is -0.127. The molecule has 21 heavy (non-hydrogen) atoms. The third-order valence-electron chi connectivity index (χ3n) is 4.09. The van der Waals surface area contributed by atoms with Crippen molar-refractivity contribution in [3.8, 4) is 0 Å². The van der Waals surface area contributed by atoms with Crippen LogP contribution < -0.4 is 5.32 Å². The van der Waals surface area contributed by atoms with Crippen LogP contribution in [0.25, 0.3) is 0 Å². The molecule has 0 bridgehead atoms. The van der Waals surface area contributed by atoms with Crippen molar-refractivity contribution < 1.29 is 4.79 Å². The second-order valence-corrected chi connectivity index (χ2v) is 5.64. The number of likely N-dealkylation sites (tertiary alicyclic amines) is 1. The van der Waals surface area contributed by atoms with Crippen LogP contribution in [0.4, 0.5) is 0 Å². The van der Waals surface area contributed by atoms with E-state index in [2.05, 4.69) is 28.9 Å². The van der Waals surface area contributed by atoms with Gasteiger partial charge in [0.05, 0.1) is 11.7 Å². The van der Waals surface area contributed by atoms with Gasteiger partial charge in [-0.2, -0.15) is 5.10 Å². The number of likely N-dealkylation sites (N-methyl/N-ethyl adjacent to an activating group) is 2. The fourth-order valence-electron chi connectivity index (χ4n) is 2.88. The Hall–Kier alpha value is -1.66. The Kier molecular flexibility index (Phi) is 5.14. The summed E-state index contributed by atoms with van der Waals surface area (Å²) in [5.41, 5.74) is 1.07. The number of carbonyl (C=O) groups excluding carboxylic acids is 1. The van der Waals surface area contributed by atoms with Crippen molar-refractivity contribution in [2.45, 2.75) is 18.5 Å². The number of nitrogens with zero attached hydrogens (tertiary/aromatic N) is 4. The Morgan fingerprint density at radius 3 is 2.95 bits per heavy atom. The topological polar surface area (TPSA) is 53.4 Å². The number of hydrogen-bond acceptors (Lipinski definition) is 4. The van der Waals surface area contributed by atoms with Gasteiger partial charge >= 0.3 is 0 Å². The summed E-state index contributed by atoms with van der Waals surface area (Å²) in [5.74, 6) is 0.179. The molecule has 2 heterocycles. The minimum absolute atomic E-state index is 0.0507. The van der Waals surface area contributed by atoms with Gasteiger partial charge in [-0.25, -0.2) is 0 Å². The number of carbonyl (C=O) groups is 1. The van der Waals surface area contributed by atoms with E-state index in [1.54, 1.807) is 6.20 Å². The van der Waals surface area contributed by atoms with Gasteiger partial charge in [0.2, 0.25) is 5.91 Å². The van der Waals surface area contributed by atoms with Gasteiger partial charge in [-0.05, 0) is 13.1 Å². The molecule has 2 rings (SSSR count). The first-order valence-electron chi connectivity index (χ1n) is 7.31. The fraction of sp³-hybridized carbons (Fsp3) is 0.600. The third-order valence-corrected chi connectivity index (χ3v) is 4.09. The molecule has 1 aromatic rings. The summed E-state index contributed by atoms with van der Waals surface area (Å²) >= 11 is 0. The molecule has 0 unspecified atom stereocenters. The second-order valence-electron chi connectivity index (χ2n) is 5.64. The minimum atomic E-state index is 0.0507. The first kappa shape index (κ1) is 15.7. The van der Waals surface area contributed by atoms with Crippen LogP contribution in [0, 0.1) is 0 Å². The summed E-state index contributed by atoms with van der Waals surface area (Å²) in [6.45, 7) is 6.39. The number of amides is 1. The lowest BCUT2D eigenvalue weighted by atomic mass is 10.1. The van der Waals surface area contributed by atoms with Crippen molar-refractivity contribution in [3.63, 3.8) is 0 Å². The molecule has 116 valence electrons. The average molecular weight is 291 g/mol. The van der Waals surface area contributed by atoms with E-state index in [1.165, 1.54) is 0 Å². The van der Waals surface area contributed by atoms with Gasteiger partial charge in [0.25, 0.3) is 0 Å². The Labute approximate surface area is 126 Å². The molecule has 1 aromatic heterocycles. The Bertz CT molecular complexity index is 498. The van der Waals surface area contributed by atoms with Crippen LogP contribution in [0.15, 0.2) is 24.9 Å². The number of rotatable bonds is 7. The molecule has 1 fully saturated rings. The van der Waals surface area contributed by atoms with E-state index in [4.69, 9.17) is 0 Å². The summed E-state index contributed by atoms with van der Waals surface area (Å²) in [6, 6.07) is 2.17. The predicted octanol–water partition coefficient (Wildman–Crippen LogP) is 0.399. The second kappa shape index (κ2) is 6.87. The van der Waals surface area contributed by atoms with Crippen molar-refractivity contribution in [2.24, 2.45) is 7.05 Å². The molecular formula is C15H25N5O. The normalized spacial score (nSPS) is 22.3. The van der Waals surface area contributed by atoms with Crippen LogP contribution in [-0.4, -0.2) is 65.3 Å². The molecule has 1 aliphatic heterocycles. The molecule has 1 aliphatic rings.